The number of nitrogens with zero attached hydrogens (tertiary/aromatic N) is 1. The molecule has 1 aliphatic heterocycles. The first-order chi connectivity index (χ1) is 8.67. The Morgan fingerprint density at radius 3 is 2.22 bits per heavy atom. The number of likely N-dealkylation sites (tertiary alicyclic amines) is 1. The van der Waals surface area contributed by atoms with Gasteiger partial charge in [0.2, 0.25) is 0 Å². The minimum atomic E-state index is 0.450. The van der Waals surface area contributed by atoms with E-state index in [9.17, 15) is 0 Å². The van der Waals surface area contributed by atoms with Crippen LogP contribution in [-0.2, 0) is 0 Å². The average molecular weight is 252 g/mol. The highest BCUT2D eigenvalue weighted by atomic mass is 15.1. The lowest BCUT2D eigenvalue weighted by atomic mass is 9.70. The van der Waals surface area contributed by atoms with E-state index in [0.717, 1.165) is 18.4 Å². The monoisotopic (exact) mass is 252 g/mol. The zero-order chi connectivity index (χ0) is 13.0. The lowest BCUT2D eigenvalue weighted by molar-refractivity contribution is 0.0724. The summed E-state index contributed by atoms with van der Waals surface area (Å²) in [7, 11) is 0. The van der Waals surface area contributed by atoms with E-state index in [1.54, 1.807) is 0 Å². The van der Waals surface area contributed by atoms with Crippen LogP contribution in [0.1, 0.15) is 58.8 Å². The Morgan fingerprint density at radius 2 is 1.72 bits per heavy atom. The van der Waals surface area contributed by atoms with E-state index in [2.05, 4.69) is 18.7 Å². The van der Waals surface area contributed by atoms with Crippen LogP contribution in [0.25, 0.3) is 0 Å². The molecule has 2 heteroatoms. The molecule has 1 heterocycles. The lowest BCUT2D eigenvalue weighted by Crippen LogP contribution is -2.47. The Labute approximate surface area is 113 Å². The summed E-state index contributed by atoms with van der Waals surface area (Å²) in [6.07, 6.45) is 9.69. The molecule has 1 aliphatic carbocycles. The number of piperidine rings is 1. The van der Waals surface area contributed by atoms with Crippen LogP contribution in [0, 0.1) is 17.3 Å². The number of rotatable bonds is 4. The standard InChI is InChI=1S/C16H32N2/c1-3-15-6-10-18(11-7-15)13-16(12-17)8-4-14(2)5-9-16/h14-15H,3-13,17H2,1-2H3. The molecule has 2 fully saturated rings. The van der Waals surface area contributed by atoms with Crippen molar-refractivity contribution >= 4 is 0 Å². The third-order valence-electron chi connectivity index (χ3n) is 5.61. The molecule has 2 aliphatic rings. The average Bonchev–Trinajstić information content (AvgIpc) is 2.43. The molecule has 1 saturated heterocycles. The zero-order valence-corrected chi connectivity index (χ0v) is 12.5. The summed E-state index contributed by atoms with van der Waals surface area (Å²) in [6, 6.07) is 0. The van der Waals surface area contributed by atoms with Crippen molar-refractivity contribution in [1.82, 2.24) is 4.90 Å². The second-order valence-corrected chi connectivity index (χ2v) is 7.01. The summed E-state index contributed by atoms with van der Waals surface area (Å²) in [5, 5.41) is 0. The van der Waals surface area contributed by atoms with Crippen LogP contribution in [0.15, 0.2) is 0 Å². The third-order valence-corrected chi connectivity index (χ3v) is 5.61. The molecule has 106 valence electrons. The fraction of sp³-hybridized carbons (Fsp3) is 1.00. The second-order valence-electron chi connectivity index (χ2n) is 7.01. The van der Waals surface area contributed by atoms with Gasteiger partial charge >= 0.3 is 0 Å². The molecule has 0 aromatic carbocycles. The van der Waals surface area contributed by atoms with Gasteiger partial charge in [-0.2, -0.15) is 0 Å². The Kier molecular flexibility index (Phi) is 5.08. The van der Waals surface area contributed by atoms with Gasteiger partial charge in [-0.15, -0.1) is 0 Å². The van der Waals surface area contributed by atoms with E-state index in [1.165, 1.54) is 64.6 Å². The summed E-state index contributed by atoms with van der Waals surface area (Å²) in [5.74, 6) is 1.91. The molecule has 2 rings (SSSR count). The van der Waals surface area contributed by atoms with Gasteiger partial charge in [0.1, 0.15) is 0 Å². The molecule has 2 N–H and O–H groups in total. The van der Waals surface area contributed by atoms with Gasteiger partial charge in [-0.05, 0) is 62.6 Å². The van der Waals surface area contributed by atoms with E-state index in [-0.39, 0.29) is 0 Å². The Balaban J connectivity index is 1.83. The summed E-state index contributed by atoms with van der Waals surface area (Å²) in [6.45, 7) is 9.53. The van der Waals surface area contributed by atoms with Gasteiger partial charge in [-0.3, -0.25) is 0 Å². The van der Waals surface area contributed by atoms with Gasteiger partial charge in [0, 0.05) is 6.54 Å². The van der Waals surface area contributed by atoms with Crippen molar-refractivity contribution < 1.29 is 0 Å². The molecule has 0 aromatic heterocycles. The Bertz CT molecular complexity index is 235. The quantitative estimate of drug-likeness (QED) is 0.832. The van der Waals surface area contributed by atoms with Crippen molar-refractivity contribution in [1.29, 1.82) is 0 Å². The van der Waals surface area contributed by atoms with Crippen LogP contribution in [0.5, 0.6) is 0 Å². The SMILES string of the molecule is CCC1CCN(CC2(CN)CCC(C)CC2)CC1. The van der Waals surface area contributed by atoms with E-state index in [0.29, 0.717) is 5.41 Å². The lowest BCUT2D eigenvalue weighted by Gasteiger charge is -2.44. The fourth-order valence-corrected chi connectivity index (χ4v) is 3.83. The zero-order valence-electron chi connectivity index (χ0n) is 12.5. The molecule has 0 aromatic rings. The van der Waals surface area contributed by atoms with Crippen LogP contribution in [-0.4, -0.2) is 31.1 Å². The molecule has 0 bridgehead atoms. The van der Waals surface area contributed by atoms with Crippen molar-refractivity contribution in [2.24, 2.45) is 23.0 Å². The van der Waals surface area contributed by atoms with Crippen molar-refractivity contribution in [2.45, 2.75) is 58.8 Å². The first-order valence-electron chi connectivity index (χ1n) is 8.10. The van der Waals surface area contributed by atoms with Crippen LogP contribution < -0.4 is 5.73 Å². The largest absolute Gasteiger partial charge is 0.330 e. The molecule has 0 amide bonds. The fourth-order valence-electron chi connectivity index (χ4n) is 3.83. The van der Waals surface area contributed by atoms with Gasteiger partial charge in [-0.1, -0.05) is 33.1 Å². The molecular weight excluding hydrogens is 220 g/mol. The minimum absolute atomic E-state index is 0.450. The van der Waals surface area contributed by atoms with Crippen molar-refractivity contribution in [3.8, 4) is 0 Å². The van der Waals surface area contributed by atoms with Crippen LogP contribution in [0.4, 0.5) is 0 Å². The topological polar surface area (TPSA) is 29.3 Å². The molecule has 2 nitrogen and oxygen atoms in total. The molecule has 1 saturated carbocycles. The van der Waals surface area contributed by atoms with Gasteiger partial charge in [0.05, 0.1) is 0 Å². The number of nitrogens with two attached hydrogens (primary N) is 1. The maximum absolute atomic E-state index is 6.13. The molecule has 0 atom stereocenters. The second kappa shape index (κ2) is 6.38. The van der Waals surface area contributed by atoms with Crippen LogP contribution in [0.3, 0.4) is 0 Å². The maximum Gasteiger partial charge on any atom is 0.00501 e. The molecular formula is C16H32N2. The third kappa shape index (κ3) is 3.48. The summed E-state index contributed by atoms with van der Waals surface area (Å²) >= 11 is 0. The van der Waals surface area contributed by atoms with E-state index >= 15 is 0 Å². The number of hydrogen-bond donors (Lipinski definition) is 1. The van der Waals surface area contributed by atoms with E-state index in [4.69, 9.17) is 5.73 Å². The summed E-state index contributed by atoms with van der Waals surface area (Å²) < 4.78 is 0. The highest BCUT2D eigenvalue weighted by molar-refractivity contribution is 4.89. The predicted molar refractivity (Wildman–Crippen MR) is 78.6 cm³/mol. The van der Waals surface area contributed by atoms with Crippen molar-refractivity contribution in [3.05, 3.63) is 0 Å². The van der Waals surface area contributed by atoms with Crippen molar-refractivity contribution in [2.75, 3.05) is 26.2 Å². The maximum atomic E-state index is 6.13. The van der Waals surface area contributed by atoms with Gasteiger partial charge in [0.25, 0.3) is 0 Å². The molecule has 0 radical (unpaired) electrons. The highest BCUT2D eigenvalue weighted by Crippen LogP contribution is 2.39. The number of hydrogen-bond acceptors (Lipinski definition) is 2. The van der Waals surface area contributed by atoms with Crippen LogP contribution >= 0.6 is 0 Å². The normalized spacial score (nSPS) is 35.8. The van der Waals surface area contributed by atoms with Gasteiger partial charge in [-0.25, -0.2) is 0 Å². The summed E-state index contributed by atoms with van der Waals surface area (Å²) in [5.41, 5.74) is 6.58. The van der Waals surface area contributed by atoms with E-state index in [1.807, 2.05) is 0 Å². The Hall–Kier alpha value is -0.0800. The molecule has 0 unspecified atom stereocenters. The molecule has 18 heavy (non-hydrogen) atoms. The highest BCUT2D eigenvalue weighted by Gasteiger charge is 2.35. The summed E-state index contributed by atoms with van der Waals surface area (Å²) in [4.78, 5) is 2.70. The first-order valence-corrected chi connectivity index (χ1v) is 8.10. The smallest absolute Gasteiger partial charge is 0.00501 e. The predicted octanol–water partition coefficient (Wildman–Crippen LogP) is 3.26. The first kappa shape index (κ1) is 14.3. The van der Waals surface area contributed by atoms with Gasteiger partial charge < -0.3 is 10.6 Å². The minimum Gasteiger partial charge on any atom is -0.330 e. The van der Waals surface area contributed by atoms with Crippen molar-refractivity contribution in [3.63, 3.8) is 0 Å². The van der Waals surface area contributed by atoms with E-state index < -0.39 is 0 Å². The molecule has 0 spiro atoms. The van der Waals surface area contributed by atoms with Gasteiger partial charge in [0.15, 0.2) is 0 Å². The van der Waals surface area contributed by atoms with Crippen LogP contribution in [0.2, 0.25) is 0 Å². The Morgan fingerprint density at radius 1 is 1.11 bits per heavy atom.